The summed E-state index contributed by atoms with van der Waals surface area (Å²) in [4.78, 5) is 24.9. The Bertz CT molecular complexity index is 764. The van der Waals surface area contributed by atoms with Crippen molar-refractivity contribution in [2.45, 2.75) is 32.0 Å². The fourth-order valence-electron chi connectivity index (χ4n) is 2.67. The van der Waals surface area contributed by atoms with Crippen LogP contribution in [0.15, 0.2) is 24.3 Å². The maximum atomic E-state index is 12.4. The van der Waals surface area contributed by atoms with Crippen LogP contribution in [0.1, 0.15) is 18.7 Å². The first-order valence-electron chi connectivity index (χ1n) is 7.70. The number of ether oxygens (including phenoxy) is 1. The molecule has 2 aromatic rings. The smallest absolute Gasteiger partial charge is 0.326 e. The Morgan fingerprint density at radius 2 is 2.08 bits per heavy atom. The Morgan fingerprint density at radius 3 is 2.80 bits per heavy atom. The van der Waals surface area contributed by atoms with E-state index < -0.39 is 12.0 Å². The Hall–Kier alpha value is -2.68. The maximum Gasteiger partial charge on any atom is 0.326 e. The molecule has 1 fully saturated rings. The van der Waals surface area contributed by atoms with Crippen molar-refractivity contribution in [1.82, 2.24) is 25.1 Å². The second-order valence-corrected chi connectivity index (χ2v) is 6.02. The van der Waals surface area contributed by atoms with Crippen LogP contribution in [0.25, 0.3) is 0 Å². The molecule has 0 radical (unpaired) electrons. The van der Waals surface area contributed by atoms with E-state index in [1.54, 1.807) is 24.3 Å². The highest BCUT2D eigenvalue weighted by atomic mass is 35.5. The normalized spacial score (nSPS) is 16.8. The second kappa shape index (κ2) is 7.47. The summed E-state index contributed by atoms with van der Waals surface area (Å²) in [6, 6.07) is 6.04. The number of aliphatic carboxylic acids is 1. The molecule has 10 heteroatoms. The molecular formula is C15H16ClN5O4. The zero-order valence-corrected chi connectivity index (χ0v) is 14.0. The minimum absolute atomic E-state index is 0.0737. The fraction of sp³-hybridized carbons (Fsp3) is 0.400. The molecule has 0 bridgehead atoms. The van der Waals surface area contributed by atoms with Crippen LogP contribution in [0.2, 0.25) is 5.02 Å². The molecule has 1 unspecified atom stereocenters. The van der Waals surface area contributed by atoms with Gasteiger partial charge in [-0.2, -0.15) is 0 Å². The van der Waals surface area contributed by atoms with E-state index in [9.17, 15) is 14.7 Å². The number of likely N-dealkylation sites (tertiary alicyclic amines) is 1. The number of amides is 1. The number of benzene rings is 1. The van der Waals surface area contributed by atoms with E-state index in [1.807, 2.05) is 0 Å². The van der Waals surface area contributed by atoms with E-state index in [1.165, 1.54) is 9.58 Å². The molecule has 1 aromatic carbocycles. The molecule has 3 rings (SSSR count). The number of hydrogen-bond acceptors (Lipinski definition) is 6. The van der Waals surface area contributed by atoms with Gasteiger partial charge in [-0.15, -0.1) is 5.10 Å². The zero-order chi connectivity index (χ0) is 17.8. The molecule has 0 spiro atoms. The minimum atomic E-state index is -0.992. The Labute approximate surface area is 148 Å². The molecule has 0 aliphatic carbocycles. The average molecular weight is 366 g/mol. The fourth-order valence-corrected chi connectivity index (χ4v) is 2.80. The van der Waals surface area contributed by atoms with Gasteiger partial charge in [-0.05, 0) is 47.5 Å². The summed E-state index contributed by atoms with van der Waals surface area (Å²) in [5, 5.41) is 21.0. The van der Waals surface area contributed by atoms with Crippen LogP contribution in [0.4, 0.5) is 0 Å². The highest BCUT2D eigenvalue weighted by Crippen LogP contribution is 2.19. The van der Waals surface area contributed by atoms with Crippen molar-refractivity contribution in [2.24, 2.45) is 0 Å². The molecule has 1 atom stereocenters. The summed E-state index contributed by atoms with van der Waals surface area (Å²) in [5.74, 6) is -0.357. The highest BCUT2D eigenvalue weighted by molar-refractivity contribution is 6.30. The molecule has 1 aromatic heterocycles. The molecule has 0 saturated carbocycles. The number of carboxylic acids is 1. The van der Waals surface area contributed by atoms with Crippen molar-refractivity contribution >= 4 is 23.5 Å². The summed E-state index contributed by atoms with van der Waals surface area (Å²) in [7, 11) is 0. The quantitative estimate of drug-likeness (QED) is 0.812. The molecule has 1 aliphatic heterocycles. The van der Waals surface area contributed by atoms with Crippen molar-refractivity contribution in [3.63, 3.8) is 0 Å². The van der Waals surface area contributed by atoms with Crippen LogP contribution in [-0.2, 0) is 22.7 Å². The van der Waals surface area contributed by atoms with Gasteiger partial charge < -0.3 is 14.7 Å². The van der Waals surface area contributed by atoms with Crippen LogP contribution in [0, 0.1) is 0 Å². The third kappa shape index (κ3) is 4.05. The first-order valence-corrected chi connectivity index (χ1v) is 8.08. The second-order valence-electron chi connectivity index (χ2n) is 5.58. The first-order chi connectivity index (χ1) is 12.0. The number of nitrogens with zero attached hydrogens (tertiary/aromatic N) is 5. The molecule has 9 nitrogen and oxygen atoms in total. The largest absolute Gasteiger partial charge is 0.486 e. The lowest BCUT2D eigenvalue weighted by molar-refractivity contribution is -0.148. The summed E-state index contributed by atoms with van der Waals surface area (Å²) in [6.45, 7) is 0.370. The number of halogens is 1. The standard InChI is InChI=1S/C15H16ClN5O4/c16-10-3-5-11(6-4-10)25-9-13-17-18-19-21(13)8-14(22)20-7-1-2-12(20)15(23)24/h3-6,12H,1-2,7-9H2,(H,23,24). The van der Waals surface area contributed by atoms with E-state index in [0.717, 1.165) is 0 Å². The predicted octanol–water partition coefficient (Wildman–Crippen LogP) is 0.981. The van der Waals surface area contributed by atoms with Crippen molar-refractivity contribution in [2.75, 3.05) is 6.54 Å². The average Bonchev–Trinajstić information content (AvgIpc) is 3.23. The molecular weight excluding hydrogens is 350 g/mol. The van der Waals surface area contributed by atoms with Crippen LogP contribution >= 0.6 is 11.6 Å². The maximum absolute atomic E-state index is 12.4. The SMILES string of the molecule is O=C(O)C1CCCN1C(=O)Cn1nnnc1COc1ccc(Cl)cc1. The van der Waals surface area contributed by atoms with Crippen molar-refractivity contribution < 1.29 is 19.4 Å². The molecule has 132 valence electrons. The molecule has 1 amide bonds. The molecule has 1 N–H and O–H groups in total. The van der Waals surface area contributed by atoms with Gasteiger partial charge in [0.1, 0.15) is 24.9 Å². The van der Waals surface area contributed by atoms with E-state index >= 15 is 0 Å². The Morgan fingerprint density at radius 1 is 1.32 bits per heavy atom. The third-order valence-electron chi connectivity index (χ3n) is 3.93. The minimum Gasteiger partial charge on any atom is -0.486 e. The van der Waals surface area contributed by atoms with Gasteiger partial charge in [-0.3, -0.25) is 4.79 Å². The van der Waals surface area contributed by atoms with Gasteiger partial charge in [0.25, 0.3) is 0 Å². The molecule has 2 heterocycles. The first kappa shape index (κ1) is 17.2. The number of carboxylic acid groups (broad SMARTS) is 1. The van der Waals surface area contributed by atoms with Gasteiger partial charge in [0.2, 0.25) is 5.91 Å². The van der Waals surface area contributed by atoms with E-state index in [4.69, 9.17) is 16.3 Å². The Kier molecular flexibility index (Phi) is 5.13. The van der Waals surface area contributed by atoms with E-state index in [0.29, 0.717) is 36.0 Å². The number of tetrazole rings is 1. The van der Waals surface area contributed by atoms with Crippen LogP contribution in [0.3, 0.4) is 0 Å². The summed E-state index contributed by atoms with van der Waals surface area (Å²) in [6.07, 6.45) is 1.13. The van der Waals surface area contributed by atoms with Gasteiger partial charge in [0.15, 0.2) is 5.82 Å². The van der Waals surface area contributed by atoms with Gasteiger partial charge >= 0.3 is 5.97 Å². The van der Waals surface area contributed by atoms with Crippen molar-refractivity contribution in [3.8, 4) is 5.75 Å². The van der Waals surface area contributed by atoms with Gasteiger partial charge in [0, 0.05) is 11.6 Å². The molecule has 1 aliphatic rings. The van der Waals surface area contributed by atoms with Gasteiger partial charge in [0.05, 0.1) is 0 Å². The molecule has 25 heavy (non-hydrogen) atoms. The number of hydrogen-bond donors (Lipinski definition) is 1. The monoisotopic (exact) mass is 365 g/mol. The highest BCUT2D eigenvalue weighted by Gasteiger charge is 2.34. The summed E-state index contributed by atoms with van der Waals surface area (Å²) in [5.41, 5.74) is 0. The number of aromatic nitrogens is 4. The summed E-state index contributed by atoms with van der Waals surface area (Å²) >= 11 is 5.81. The number of carbonyl (C=O) groups excluding carboxylic acids is 1. The predicted molar refractivity (Wildman–Crippen MR) is 86.0 cm³/mol. The van der Waals surface area contributed by atoms with Crippen LogP contribution in [0.5, 0.6) is 5.75 Å². The third-order valence-corrected chi connectivity index (χ3v) is 4.18. The molecule has 1 saturated heterocycles. The topological polar surface area (TPSA) is 110 Å². The van der Waals surface area contributed by atoms with Crippen LogP contribution < -0.4 is 4.74 Å². The van der Waals surface area contributed by atoms with Crippen molar-refractivity contribution in [3.05, 3.63) is 35.1 Å². The number of carbonyl (C=O) groups is 2. The lowest BCUT2D eigenvalue weighted by Crippen LogP contribution is -2.42. The van der Waals surface area contributed by atoms with E-state index in [2.05, 4.69) is 15.5 Å². The van der Waals surface area contributed by atoms with Crippen LogP contribution in [-0.4, -0.2) is 54.7 Å². The van der Waals surface area contributed by atoms with Gasteiger partial charge in [-0.25, -0.2) is 9.48 Å². The van der Waals surface area contributed by atoms with E-state index in [-0.39, 0.29) is 19.1 Å². The Balaban J connectivity index is 1.62. The van der Waals surface area contributed by atoms with Crippen molar-refractivity contribution in [1.29, 1.82) is 0 Å². The zero-order valence-electron chi connectivity index (χ0n) is 13.2. The summed E-state index contributed by atoms with van der Waals surface area (Å²) < 4.78 is 6.89. The van der Waals surface area contributed by atoms with Gasteiger partial charge in [-0.1, -0.05) is 11.6 Å². The number of rotatable bonds is 6. The lowest BCUT2D eigenvalue weighted by Gasteiger charge is -2.21. The lowest BCUT2D eigenvalue weighted by atomic mass is 10.2.